The van der Waals surface area contributed by atoms with Gasteiger partial charge in [0.05, 0.1) is 12.8 Å². The molecule has 0 saturated carbocycles. The first-order chi connectivity index (χ1) is 18.0. The number of phenols is 1. The van der Waals surface area contributed by atoms with Crippen LogP contribution < -0.4 is 15.8 Å². The average molecular weight is 585 g/mol. The van der Waals surface area contributed by atoms with Gasteiger partial charge in [0.2, 0.25) is 21.1 Å². The number of carboxylic acids is 1. The molecule has 1 aromatic carbocycles. The molecule has 4 rings (SSSR count). The third-order valence-corrected chi connectivity index (χ3v) is 8.76. The van der Waals surface area contributed by atoms with Crippen LogP contribution in [-0.4, -0.2) is 97.2 Å². The van der Waals surface area contributed by atoms with Gasteiger partial charge >= 0.3 is 5.97 Å². The Hall–Kier alpha value is -3.19. The van der Waals surface area contributed by atoms with E-state index in [0.717, 1.165) is 22.9 Å². The van der Waals surface area contributed by atoms with E-state index in [0.29, 0.717) is 16.3 Å². The van der Waals surface area contributed by atoms with Crippen molar-refractivity contribution in [3.8, 4) is 5.75 Å². The van der Waals surface area contributed by atoms with Crippen molar-refractivity contribution in [2.75, 3.05) is 24.3 Å². The number of fused-ring (bicyclic) bond motifs is 1. The molecule has 1 saturated heterocycles. The number of nitrogens with two attached hydrogens (primary N) is 1. The molecule has 0 bridgehead atoms. The highest BCUT2D eigenvalue weighted by molar-refractivity contribution is 8.01. The van der Waals surface area contributed by atoms with Crippen LogP contribution in [0, 0.1) is 0 Å². The van der Waals surface area contributed by atoms with Crippen LogP contribution in [0.2, 0.25) is 0 Å². The van der Waals surface area contributed by atoms with E-state index >= 15 is 0 Å². The Morgan fingerprint density at radius 3 is 2.68 bits per heavy atom. The highest BCUT2D eigenvalue weighted by Gasteiger charge is 2.54. The maximum Gasteiger partial charge on any atom is 0.352 e. The van der Waals surface area contributed by atoms with E-state index in [1.165, 1.54) is 40.7 Å². The summed E-state index contributed by atoms with van der Waals surface area (Å²) in [7, 11) is -3.37. The second-order valence-corrected chi connectivity index (χ2v) is 12.2. The largest absolute Gasteiger partial charge is 0.508 e. The Balaban J connectivity index is 1.41. The molecule has 1 unspecified atom stereocenters. The SMILES string of the molecule is CS(=O)(=O)NCCn1nnnc1SCC1=C(C(=O)O)N2C(=O)[C@@H](NC(=O)C(N)c3ccc(O)cc3)[C@H]2SC1. The zero-order valence-corrected chi connectivity index (χ0v) is 22.3. The number of rotatable bonds is 11. The molecule has 3 atom stereocenters. The molecule has 2 aliphatic heterocycles. The third kappa shape index (κ3) is 6.09. The molecule has 2 aliphatic rings. The van der Waals surface area contributed by atoms with E-state index in [4.69, 9.17) is 5.73 Å². The first kappa shape index (κ1) is 27.8. The van der Waals surface area contributed by atoms with Gasteiger partial charge in [0, 0.05) is 18.1 Å². The minimum atomic E-state index is -3.37. The lowest BCUT2D eigenvalue weighted by molar-refractivity contribution is -0.150. The van der Waals surface area contributed by atoms with Crippen molar-refractivity contribution in [3.63, 3.8) is 0 Å². The molecule has 18 heteroatoms. The molecule has 2 amide bonds. The average Bonchev–Trinajstić information content (AvgIpc) is 3.31. The zero-order valence-electron chi connectivity index (χ0n) is 19.8. The van der Waals surface area contributed by atoms with Crippen LogP contribution in [-0.2, 0) is 31.0 Å². The Labute approximate surface area is 225 Å². The summed E-state index contributed by atoms with van der Waals surface area (Å²) in [4.78, 5) is 38.8. The number of aromatic nitrogens is 4. The van der Waals surface area contributed by atoms with Crippen LogP contribution in [0.25, 0.3) is 0 Å². The molecular weight excluding hydrogens is 560 g/mol. The summed E-state index contributed by atoms with van der Waals surface area (Å²) < 4.78 is 26.2. The van der Waals surface area contributed by atoms with E-state index < -0.39 is 45.3 Å². The highest BCUT2D eigenvalue weighted by atomic mass is 32.2. The first-order valence-electron chi connectivity index (χ1n) is 11.0. The summed E-state index contributed by atoms with van der Waals surface area (Å²) in [5.74, 6) is -1.96. The van der Waals surface area contributed by atoms with Crippen LogP contribution in [0.4, 0.5) is 0 Å². The molecule has 1 aromatic heterocycles. The van der Waals surface area contributed by atoms with Crippen molar-refractivity contribution in [3.05, 3.63) is 41.1 Å². The number of aliphatic carboxylic acids is 1. The number of carbonyl (C=O) groups is 3. The maximum absolute atomic E-state index is 12.9. The lowest BCUT2D eigenvalue weighted by Crippen LogP contribution is -2.71. The molecule has 15 nitrogen and oxygen atoms in total. The molecule has 38 heavy (non-hydrogen) atoms. The van der Waals surface area contributed by atoms with Gasteiger partial charge in [-0.3, -0.25) is 14.5 Å². The fourth-order valence-electron chi connectivity index (χ4n) is 3.80. The summed E-state index contributed by atoms with van der Waals surface area (Å²) in [6.45, 7) is 0.242. The maximum atomic E-state index is 12.9. The van der Waals surface area contributed by atoms with Crippen molar-refractivity contribution < 1.29 is 33.0 Å². The van der Waals surface area contributed by atoms with Crippen LogP contribution in [0.3, 0.4) is 0 Å². The van der Waals surface area contributed by atoms with Crippen molar-refractivity contribution >= 4 is 51.3 Å². The lowest BCUT2D eigenvalue weighted by atomic mass is 10.0. The smallest absolute Gasteiger partial charge is 0.352 e. The Morgan fingerprint density at radius 1 is 1.32 bits per heavy atom. The standard InChI is InChI=1S/C20H24N8O7S3/c1-38(34,35)22-6-7-27-20(24-25-26-27)37-9-11-8-36-18-14(17(31)28(18)15(11)19(32)33)23-16(30)13(21)10-2-4-12(29)5-3-10/h2-5,13-14,18,22,29H,6-9,21H2,1H3,(H,23,30)(H,32,33)/t13?,14-,18-/m1/s1. The molecule has 204 valence electrons. The van der Waals surface area contributed by atoms with Crippen LogP contribution in [0.1, 0.15) is 11.6 Å². The number of carbonyl (C=O) groups excluding carboxylic acids is 2. The van der Waals surface area contributed by atoms with Crippen LogP contribution in [0.15, 0.2) is 40.7 Å². The molecular formula is C20H24N8O7S3. The van der Waals surface area contributed by atoms with Gasteiger partial charge in [0.1, 0.15) is 28.9 Å². The summed E-state index contributed by atoms with van der Waals surface area (Å²) in [6.07, 6.45) is 1.04. The lowest BCUT2D eigenvalue weighted by Gasteiger charge is -2.49. The predicted molar refractivity (Wildman–Crippen MR) is 136 cm³/mol. The van der Waals surface area contributed by atoms with E-state index in [9.17, 15) is 33.0 Å². The number of nitrogens with zero attached hydrogens (tertiary/aromatic N) is 5. The number of hydrogen-bond acceptors (Lipinski definition) is 12. The van der Waals surface area contributed by atoms with E-state index in [1.54, 1.807) is 0 Å². The van der Waals surface area contributed by atoms with Gasteiger partial charge in [-0.1, -0.05) is 23.9 Å². The van der Waals surface area contributed by atoms with Gasteiger partial charge in [0.15, 0.2) is 0 Å². The van der Waals surface area contributed by atoms with Gasteiger partial charge in [-0.15, -0.1) is 16.9 Å². The number of nitrogens with one attached hydrogen (secondary N) is 2. The summed E-state index contributed by atoms with van der Waals surface area (Å²) in [6, 6.07) is 3.77. The van der Waals surface area contributed by atoms with Crippen molar-refractivity contribution in [1.29, 1.82) is 0 Å². The van der Waals surface area contributed by atoms with Crippen molar-refractivity contribution in [2.45, 2.75) is 29.2 Å². The molecule has 3 heterocycles. The number of carboxylic acid groups (broad SMARTS) is 1. The second kappa shape index (κ2) is 11.3. The Morgan fingerprint density at radius 2 is 2.03 bits per heavy atom. The molecule has 0 radical (unpaired) electrons. The summed E-state index contributed by atoms with van der Waals surface area (Å²) >= 11 is 2.47. The Bertz CT molecular complexity index is 1380. The number of tetrazole rings is 1. The number of amides is 2. The number of benzene rings is 1. The van der Waals surface area contributed by atoms with Gasteiger partial charge in [0.25, 0.3) is 5.91 Å². The second-order valence-electron chi connectivity index (χ2n) is 8.36. The minimum Gasteiger partial charge on any atom is -0.508 e. The fraction of sp³-hybridized carbons (Fsp3) is 0.400. The summed E-state index contributed by atoms with van der Waals surface area (Å²) in [5, 5.41) is 32.9. The Kier molecular flexibility index (Phi) is 8.26. The number of aromatic hydroxyl groups is 1. The molecule has 1 fully saturated rings. The molecule has 6 N–H and O–H groups in total. The minimum absolute atomic E-state index is 0.0205. The summed E-state index contributed by atoms with van der Waals surface area (Å²) in [5.41, 5.74) is 6.76. The predicted octanol–water partition coefficient (Wildman–Crippen LogP) is -1.54. The normalized spacial score (nSPS) is 20.1. The van der Waals surface area contributed by atoms with E-state index in [2.05, 4.69) is 25.6 Å². The van der Waals surface area contributed by atoms with Gasteiger partial charge in [-0.05, 0) is 33.7 Å². The number of β-lactam (4-membered cyclic amide) rings is 1. The number of phenolic OH excluding ortho intramolecular Hbond substituents is 1. The van der Waals surface area contributed by atoms with Crippen LogP contribution >= 0.6 is 23.5 Å². The van der Waals surface area contributed by atoms with Gasteiger partial charge in [-0.25, -0.2) is 22.6 Å². The first-order valence-corrected chi connectivity index (χ1v) is 15.0. The van der Waals surface area contributed by atoms with Gasteiger partial charge < -0.3 is 21.3 Å². The number of thioether (sulfide) groups is 2. The quantitative estimate of drug-likeness (QED) is 0.149. The zero-order chi connectivity index (χ0) is 27.6. The monoisotopic (exact) mass is 584 g/mol. The fourth-order valence-corrected chi connectivity index (χ4v) is 6.65. The van der Waals surface area contributed by atoms with Crippen LogP contribution in [0.5, 0.6) is 5.75 Å². The molecule has 0 spiro atoms. The van der Waals surface area contributed by atoms with Crippen molar-refractivity contribution in [1.82, 2.24) is 35.1 Å². The number of sulfonamides is 1. The topological polar surface area (TPSA) is 223 Å². The molecule has 2 aromatic rings. The molecule has 0 aliphatic carbocycles. The third-order valence-electron chi connectivity index (χ3n) is 5.64. The number of hydrogen-bond donors (Lipinski definition) is 5. The van der Waals surface area contributed by atoms with E-state index in [1.807, 2.05) is 0 Å². The van der Waals surface area contributed by atoms with Crippen molar-refractivity contribution in [2.24, 2.45) is 5.73 Å². The van der Waals surface area contributed by atoms with E-state index in [-0.39, 0.29) is 36.0 Å². The van der Waals surface area contributed by atoms with Gasteiger partial charge in [-0.2, -0.15) is 0 Å². The highest BCUT2D eigenvalue weighted by Crippen LogP contribution is 2.41.